The molecule has 3 heteroatoms. The smallest absolute Gasteiger partial charge is 0.123 e. The average molecular weight is 261 g/mol. The molecule has 3 rings (SSSR count). The van der Waals surface area contributed by atoms with Gasteiger partial charge in [-0.3, -0.25) is 0 Å². The topological polar surface area (TPSA) is 42.1 Å². The zero-order chi connectivity index (χ0) is 13.7. The minimum Gasteiger partial charge on any atom is -0.384 e. The summed E-state index contributed by atoms with van der Waals surface area (Å²) >= 11 is 0. The summed E-state index contributed by atoms with van der Waals surface area (Å²) in [5.41, 5.74) is 6.67. The van der Waals surface area contributed by atoms with Crippen molar-refractivity contribution in [2.24, 2.45) is 5.92 Å². The first-order valence-electron chi connectivity index (χ1n) is 7.62. The Labute approximate surface area is 117 Å². The highest BCUT2D eigenvalue weighted by atomic mass is 15.2. The first-order chi connectivity index (χ1) is 9.20. The summed E-state index contributed by atoms with van der Waals surface area (Å²) in [5.74, 6) is 1.74. The Morgan fingerprint density at radius 1 is 1.37 bits per heavy atom. The Kier molecular flexibility index (Phi) is 5.20. The van der Waals surface area contributed by atoms with Gasteiger partial charge in [-0.25, -0.2) is 4.98 Å². The third kappa shape index (κ3) is 4.50. The van der Waals surface area contributed by atoms with Gasteiger partial charge in [0.2, 0.25) is 0 Å². The van der Waals surface area contributed by atoms with Gasteiger partial charge < -0.3 is 10.6 Å². The van der Waals surface area contributed by atoms with Crippen molar-refractivity contribution in [3.63, 3.8) is 0 Å². The van der Waals surface area contributed by atoms with Gasteiger partial charge in [-0.1, -0.05) is 25.8 Å². The van der Waals surface area contributed by atoms with Gasteiger partial charge in [0.25, 0.3) is 0 Å². The largest absolute Gasteiger partial charge is 0.384 e. The second kappa shape index (κ2) is 6.90. The van der Waals surface area contributed by atoms with Crippen LogP contribution in [0.5, 0.6) is 0 Å². The zero-order valence-corrected chi connectivity index (χ0v) is 12.3. The van der Waals surface area contributed by atoms with Crippen LogP contribution in [-0.2, 0) is 6.42 Å². The Balaban J connectivity index is 0.000000159. The number of fused-ring (bicyclic) bond motifs is 1. The van der Waals surface area contributed by atoms with Gasteiger partial charge >= 0.3 is 0 Å². The summed E-state index contributed by atoms with van der Waals surface area (Å²) in [7, 11) is 2.23. The number of nitrogens with two attached hydrogens (primary N) is 1. The number of piperidine rings is 1. The number of pyridine rings is 1. The van der Waals surface area contributed by atoms with E-state index < -0.39 is 0 Å². The molecule has 0 radical (unpaired) electrons. The lowest BCUT2D eigenvalue weighted by atomic mass is 10.1. The predicted octanol–water partition coefficient (Wildman–Crippen LogP) is 3.11. The van der Waals surface area contributed by atoms with E-state index >= 15 is 0 Å². The van der Waals surface area contributed by atoms with E-state index in [1.165, 1.54) is 38.6 Å². The van der Waals surface area contributed by atoms with Crippen LogP contribution in [0.4, 0.5) is 5.82 Å². The Morgan fingerprint density at radius 3 is 2.68 bits per heavy atom. The normalized spacial score (nSPS) is 24.5. The Bertz CT molecular complexity index is 391. The van der Waals surface area contributed by atoms with E-state index in [1.807, 2.05) is 18.2 Å². The van der Waals surface area contributed by atoms with E-state index in [0.29, 0.717) is 5.82 Å². The highest BCUT2D eigenvalue weighted by Gasteiger charge is 2.44. The molecule has 2 unspecified atom stereocenters. The van der Waals surface area contributed by atoms with Crippen LogP contribution in [-0.4, -0.2) is 29.5 Å². The lowest BCUT2D eigenvalue weighted by Crippen LogP contribution is -2.16. The van der Waals surface area contributed by atoms with E-state index in [1.54, 1.807) is 0 Å². The monoisotopic (exact) mass is 261 g/mol. The van der Waals surface area contributed by atoms with Gasteiger partial charge in [0.1, 0.15) is 5.82 Å². The fourth-order valence-corrected chi connectivity index (χ4v) is 2.81. The molecule has 19 heavy (non-hydrogen) atoms. The van der Waals surface area contributed by atoms with E-state index in [-0.39, 0.29) is 0 Å². The summed E-state index contributed by atoms with van der Waals surface area (Å²) in [5, 5.41) is 0. The van der Waals surface area contributed by atoms with Crippen molar-refractivity contribution in [1.82, 2.24) is 9.88 Å². The number of unbranched alkanes of at least 4 members (excludes halogenated alkanes) is 2. The van der Waals surface area contributed by atoms with Crippen molar-refractivity contribution in [2.75, 3.05) is 19.3 Å². The van der Waals surface area contributed by atoms with Crippen LogP contribution in [0.25, 0.3) is 0 Å². The van der Waals surface area contributed by atoms with E-state index in [4.69, 9.17) is 5.73 Å². The molecular formula is C16H27N3. The molecule has 2 fully saturated rings. The van der Waals surface area contributed by atoms with Crippen LogP contribution in [0.3, 0.4) is 0 Å². The lowest BCUT2D eigenvalue weighted by Gasteiger charge is -2.06. The minimum absolute atomic E-state index is 0.629. The van der Waals surface area contributed by atoms with Gasteiger partial charge in [-0.2, -0.15) is 0 Å². The number of aryl methyl sites for hydroxylation is 1. The van der Waals surface area contributed by atoms with Crippen molar-refractivity contribution in [3.05, 3.63) is 23.9 Å². The minimum atomic E-state index is 0.629. The molecule has 0 spiro atoms. The molecule has 2 aliphatic rings. The van der Waals surface area contributed by atoms with Crippen LogP contribution in [0.2, 0.25) is 0 Å². The van der Waals surface area contributed by atoms with E-state index in [2.05, 4.69) is 23.9 Å². The SMILES string of the molecule is CCCCCc1cccc(N)n1.CN1CCC2CC21. The van der Waals surface area contributed by atoms with Gasteiger partial charge in [0.15, 0.2) is 0 Å². The van der Waals surface area contributed by atoms with Crippen LogP contribution in [0, 0.1) is 5.92 Å². The summed E-state index contributed by atoms with van der Waals surface area (Å²) in [6.45, 7) is 3.56. The maximum absolute atomic E-state index is 5.55. The molecule has 1 aromatic heterocycles. The first-order valence-corrected chi connectivity index (χ1v) is 7.62. The van der Waals surface area contributed by atoms with Gasteiger partial charge in [-0.05, 0) is 57.3 Å². The van der Waals surface area contributed by atoms with Crippen molar-refractivity contribution in [3.8, 4) is 0 Å². The molecular weight excluding hydrogens is 234 g/mol. The van der Waals surface area contributed by atoms with Crippen molar-refractivity contribution in [2.45, 2.75) is 51.5 Å². The molecule has 0 bridgehead atoms. The number of rotatable bonds is 4. The maximum Gasteiger partial charge on any atom is 0.123 e. The predicted molar refractivity (Wildman–Crippen MR) is 81.0 cm³/mol. The summed E-state index contributed by atoms with van der Waals surface area (Å²) in [6, 6.07) is 6.83. The number of likely N-dealkylation sites (tertiary alicyclic amines) is 1. The summed E-state index contributed by atoms with van der Waals surface area (Å²) < 4.78 is 0. The first kappa shape index (κ1) is 14.3. The molecule has 0 aromatic carbocycles. The number of nitrogen functional groups attached to an aromatic ring is 1. The molecule has 106 valence electrons. The fourth-order valence-electron chi connectivity index (χ4n) is 2.81. The van der Waals surface area contributed by atoms with Gasteiger partial charge in [0, 0.05) is 11.7 Å². The highest BCUT2D eigenvalue weighted by molar-refractivity contribution is 5.28. The molecule has 1 aromatic rings. The number of anilines is 1. The molecule has 1 saturated carbocycles. The van der Waals surface area contributed by atoms with Crippen molar-refractivity contribution in [1.29, 1.82) is 0 Å². The number of hydrogen-bond acceptors (Lipinski definition) is 3. The number of hydrogen-bond donors (Lipinski definition) is 1. The quantitative estimate of drug-likeness (QED) is 0.847. The zero-order valence-electron chi connectivity index (χ0n) is 12.3. The van der Waals surface area contributed by atoms with Crippen LogP contribution >= 0.6 is 0 Å². The van der Waals surface area contributed by atoms with Crippen molar-refractivity contribution < 1.29 is 0 Å². The van der Waals surface area contributed by atoms with Gasteiger partial charge in [0.05, 0.1) is 0 Å². The lowest BCUT2D eigenvalue weighted by molar-refractivity contribution is 0.369. The molecule has 3 nitrogen and oxygen atoms in total. The van der Waals surface area contributed by atoms with Crippen LogP contribution in [0.15, 0.2) is 18.2 Å². The molecule has 0 amide bonds. The van der Waals surface area contributed by atoms with Gasteiger partial charge in [-0.15, -0.1) is 0 Å². The number of aromatic nitrogens is 1. The van der Waals surface area contributed by atoms with Crippen LogP contribution < -0.4 is 5.73 Å². The molecule has 2 N–H and O–H groups in total. The van der Waals surface area contributed by atoms with Crippen LogP contribution in [0.1, 0.15) is 44.7 Å². The Morgan fingerprint density at radius 2 is 2.21 bits per heavy atom. The molecule has 2 atom stereocenters. The summed E-state index contributed by atoms with van der Waals surface area (Å²) in [6.07, 6.45) is 7.77. The third-order valence-corrected chi connectivity index (χ3v) is 4.17. The second-order valence-electron chi connectivity index (χ2n) is 5.84. The molecule has 2 heterocycles. The number of nitrogens with zero attached hydrogens (tertiary/aromatic N) is 2. The fraction of sp³-hybridized carbons (Fsp3) is 0.688. The van der Waals surface area contributed by atoms with E-state index in [9.17, 15) is 0 Å². The molecule has 1 aliphatic carbocycles. The van der Waals surface area contributed by atoms with Crippen molar-refractivity contribution >= 4 is 5.82 Å². The highest BCUT2D eigenvalue weighted by Crippen LogP contribution is 2.42. The molecule has 1 saturated heterocycles. The second-order valence-corrected chi connectivity index (χ2v) is 5.84. The van der Waals surface area contributed by atoms with E-state index in [0.717, 1.165) is 24.1 Å². The third-order valence-electron chi connectivity index (χ3n) is 4.17. The maximum atomic E-state index is 5.55. The Hall–Kier alpha value is -1.09. The average Bonchev–Trinajstić information content (AvgIpc) is 3.10. The summed E-state index contributed by atoms with van der Waals surface area (Å²) in [4.78, 5) is 6.70. The molecule has 1 aliphatic heterocycles. The standard InChI is InChI=1S/C10H16N2.C6H11N/c1-2-3-4-6-9-7-5-8-10(11)12-9;1-7-3-2-5-4-6(5)7/h5,7-8H,2-4,6H2,1H3,(H2,11,12);5-6H,2-4H2,1H3.